The molecule has 0 aliphatic heterocycles. The second-order valence-electron chi connectivity index (χ2n) is 3.58. The van der Waals surface area contributed by atoms with E-state index in [4.69, 9.17) is 9.84 Å². The van der Waals surface area contributed by atoms with E-state index in [1.807, 2.05) is 0 Å². The molecule has 3 N–H and O–H groups in total. The van der Waals surface area contributed by atoms with Crippen molar-refractivity contribution in [1.29, 1.82) is 0 Å². The molecule has 1 atom stereocenters. The average molecular weight is 240 g/mol. The van der Waals surface area contributed by atoms with Gasteiger partial charge < -0.3 is 20.1 Å². The first-order valence-electron chi connectivity index (χ1n) is 4.67. The topological polar surface area (TPSA) is 104 Å². The SMILES string of the molecule is COc1c(O)ccc(C=O)c1C(C)(O)C(=O)O. The minimum absolute atomic E-state index is 0.0629. The molecule has 0 spiro atoms. The molecule has 0 saturated carbocycles. The van der Waals surface area contributed by atoms with Gasteiger partial charge in [-0.2, -0.15) is 0 Å². The van der Waals surface area contributed by atoms with Gasteiger partial charge in [0.1, 0.15) is 0 Å². The summed E-state index contributed by atoms with van der Waals surface area (Å²) in [4.78, 5) is 21.8. The number of phenols is 1. The van der Waals surface area contributed by atoms with E-state index in [1.54, 1.807) is 0 Å². The molecule has 0 bridgehead atoms. The third-order valence-corrected chi connectivity index (χ3v) is 2.40. The van der Waals surface area contributed by atoms with E-state index in [0.717, 1.165) is 6.92 Å². The molecule has 0 amide bonds. The number of hydrogen-bond donors (Lipinski definition) is 3. The van der Waals surface area contributed by atoms with Crippen molar-refractivity contribution in [3.8, 4) is 11.5 Å². The molecule has 1 aromatic rings. The van der Waals surface area contributed by atoms with E-state index in [9.17, 15) is 19.8 Å². The van der Waals surface area contributed by atoms with Crippen LogP contribution in [0.25, 0.3) is 0 Å². The Balaban J connectivity index is 3.64. The van der Waals surface area contributed by atoms with E-state index in [0.29, 0.717) is 6.29 Å². The molecular weight excluding hydrogens is 228 g/mol. The van der Waals surface area contributed by atoms with E-state index < -0.39 is 11.6 Å². The van der Waals surface area contributed by atoms with Gasteiger partial charge >= 0.3 is 5.97 Å². The number of aliphatic hydroxyl groups is 1. The second kappa shape index (κ2) is 4.42. The van der Waals surface area contributed by atoms with Crippen molar-refractivity contribution in [2.75, 3.05) is 7.11 Å². The summed E-state index contributed by atoms with van der Waals surface area (Å²) in [6.07, 6.45) is 0.384. The van der Waals surface area contributed by atoms with Gasteiger partial charge in [-0.3, -0.25) is 4.79 Å². The number of hydrogen-bond acceptors (Lipinski definition) is 5. The Morgan fingerprint density at radius 1 is 1.47 bits per heavy atom. The molecule has 1 aromatic carbocycles. The molecule has 17 heavy (non-hydrogen) atoms. The van der Waals surface area contributed by atoms with Crippen molar-refractivity contribution in [3.05, 3.63) is 23.3 Å². The van der Waals surface area contributed by atoms with Gasteiger partial charge in [0.25, 0.3) is 0 Å². The van der Waals surface area contributed by atoms with Crippen LogP contribution in [0.15, 0.2) is 12.1 Å². The number of carbonyl (C=O) groups excluding carboxylic acids is 1. The fourth-order valence-corrected chi connectivity index (χ4v) is 1.50. The molecule has 0 aliphatic rings. The number of methoxy groups -OCH3 is 1. The Bertz CT molecular complexity index is 463. The third-order valence-electron chi connectivity index (χ3n) is 2.40. The van der Waals surface area contributed by atoms with E-state index in [1.165, 1.54) is 19.2 Å². The fraction of sp³-hybridized carbons (Fsp3) is 0.273. The molecule has 0 saturated heterocycles. The van der Waals surface area contributed by atoms with Gasteiger partial charge in [0, 0.05) is 5.56 Å². The van der Waals surface area contributed by atoms with Crippen LogP contribution in [-0.2, 0) is 10.4 Å². The van der Waals surface area contributed by atoms with Crippen molar-refractivity contribution in [2.45, 2.75) is 12.5 Å². The minimum atomic E-state index is -2.33. The van der Waals surface area contributed by atoms with Crippen LogP contribution in [0.3, 0.4) is 0 Å². The van der Waals surface area contributed by atoms with Gasteiger partial charge in [0.15, 0.2) is 23.4 Å². The number of aldehydes is 1. The number of rotatable bonds is 4. The maximum atomic E-state index is 11.0. The lowest BCUT2D eigenvalue weighted by atomic mass is 9.90. The number of carboxylic acid groups (broad SMARTS) is 1. The largest absolute Gasteiger partial charge is 0.504 e. The van der Waals surface area contributed by atoms with Crippen LogP contribution >= 0.6 is 0 Å². The molecular formula is C11H12O6. The van der Waals surface area contributed by atoms with Crippen LogP contribution in [0.5, 0.6) is 11.5 Å². The smallest absolute Gasteiger partial charge is 0.340 e. The highest BCUT2D eigenvalue weighted by Gasteiger charge is 2.38. The zero-order valence-corrected chi connectivity index (χ0v) is 9.30. The Labute approximate surface area is 97.1 Å². The quantitative estimate of drug-likeness (QED) is 0.662. The van der Waals surface area contributed by atoms with Crippen molar-refractivity contribution < 1.29 is 29.6 Å². The highest BCUT2D eigenvalue weighted by molar-refractivity contribution is 5.88. The van der Waals surface area contributed by atoms with Gasteiger partial charge in [-0.25, -0.2) is 4.79 Å². The van der Waals surface area contributed by atoms with Crippen molar-refractivity contribution in [3.63, 3.8) is 0 Å². The first kappa shape index (κ1) is 13.0. The summed E-state index contributed by atoms with van der Waals surface area (Å²) in [5, 5.41) is 28.3. The van der Waals surface area contributed by atoms with E-state index in [2.05, 4.69) is 0 Å². The molecule has 0 heterocycles. The minimum Gasteiger partial charge on any atom is -0.504 e. The lowest BCUT2D eigenvalue weighted by molar-refractivity contribution is -0.157. The number of ether oxygens (including phenoxy) is 1. The second-order valence-corrected chi connectivity index (χ2v) is 3.58. The molecule has 0 aliphatic carbocycles. The average Bonchev–Trinajstić information content (AvgIpc) is 2.28. The number of aliphatic carboxylic acids is 1. The van der Waals surface area contributed by atoms with Gasteiger partial charge in [-0.1, -0.05) is 0 Å². The van der Waals surface area contributed by atoms with Gasteiger partial charge in [0.05, 0.1) is 12.7 Å². The van der Waals surface area contributed by atoms with E-state index >= 15 is 0 Å². The zero-order chi connectivity index (χ0) is 13.2. The first-order chi connectivity index (χ1) is 7.86. The molecule has 0 fully saturated rings. The number of carbonyl (C=O) groups is 2. The number of phenolic OH excluding ortho intramolecular Hbond substituents is 1. The van der Waals surface area contributed by atoms with Gasteiger partial charge in [-0.05, 0) is 19.1 Å². The zero-order valence-electron chi connectivity index (χ0n) is 9.30. The molecule has 92 valence electrons. The van der Waals surface area contributed by atoms with Crippen LogP contribution in [0.2, 0.25) is 0 Å². The predicted octanol–water partition coefficient (Wildman–Crippen LogP) is 0.505. The summed E-state index contributed by atoms with van der Waals surface area (Å²) < 4.78 is 4.82. The summed E-state index contributed by atoms with van der Waals surface area (Å²) in [6, 6.07) is 2.39. The molecule has 6 heteroatoms. The third kappa shape index (κ3) is 2.07. The van der Waals surface area contributed by atoms with Crippen LogP contribution < -0.4 is 4.74 Å². The molecule has 0 aromatic heterocycles. The highest BCUT2D eigenvalue weighted by Crippen LogP contribution is 2.39. The lowest BCUT2D eigenvalue weighted by Crippen LogP contribution is -2.33. The Kier molecular flexibility index (Phi) is 3.38. The van der Waals surface area contributed by atoms with Gasteiger partial charge in [0.2, 0.25) is 0 Å². The van der Waals surface area contributed by atoms with Crippen molar-refractivity contribution in [1.82, 2.24) is 0 Å². The van der Waals surface area contributed by atoms with Crippen LogP contribution in [-0.4, -0.2) is 34.7 Å². The number of aromatic hydroxyl groups is 1. The molecule has 1 rings (SSSR count). The summed E-state index contributed by atoms with van der Waals surface area (Å²) in [5.41, 5.74) is -2.67. The van der Waals surface area contributed by atoms with Crippen LogP contribution in [0, 0.1) is 0 Å². The monoisotopic (exact) mass is 240 g/mol. The summed E-state index contributed by atoms with van der Waals surface area (Å²) in [7, 11) is 1.20. The molecule has 1 unspecified atom stereocenters. The lowest BCUT2D eigenvalue weighted by Gasteiger charge is -2.23. The first-order valence-corrected chi connectivity index (χ1v) is 4.67. The van der Waals surface area contributed by atoms with Gasteiger partial charge in [-0.15, -0.1) is 0 Å². The molecule has 6 nitrogen and oxygen atoms in total. The molecule has 0 radical (unpaired) electrons. The van der Waals surface area contributed by atoms with Crippen molar-refractivity contribution in [2.24, 2.45) is 0 Å². The predicted molar refractivity (Wildman–Crippen MR) is 57.3 cm³/mol. The summed E-state index contributed by atoms with van der Waals surface area (Å²) in [6.45, 7) is 1.000. The number of carboxylic acids is 1. The number of benzene rings is 1. The van der Waals surface area contributed by atoms with Crippen LogP contribution in [0.1, 0.15) is 22.8 Å². The maximum absolute atomic E-state index is 11.0. The maximum Gasteiger partial charge on any atom is 0.340 e. The van der Waals surface area contributed by atoms with Crippen LogP contribution in [0.4, 0.5) is 0 Å². The normalized spacial score (nSPS) is 13.8. The standard InChI is InChI=1S/C11H12O6/c1-11(16,10(14)15)8-6(5-12)3-4-7(13)9(8)17-2/h3-5,13,16H,1-2H3,(H,14,15). The Hall–Kier alpha value is -2.08. The Morgan fingerprint density at radius 3 is 2.47 bits per heavy atom. The fourth-order valence-electron chi connectivity index (χ4n) is 1.50. The van der Waals surface area contributed by atoms with E-state index in [-0.39, 0.29) is 22.6 Å². The summed E-state index contributed by atoms with van der Waals surface area (Å²) >= 11 is 0. The summed E-state index contributed by atoms with van der Waals surface area (Å²) in [5.74, 6) is -2.14. The van der Waals surface area contributed by atoms with Crippen molar-refractivity contribution >= 4 is 12.3 Å². The Morgan fingerprint density at radius 2 is 2.06 bits per heavy atom. The highest BCUT2D eigenvalue weighted by atomic mass is 16.5.